The molecule has 0 saturated heterocycles. The van der Waals surface area contributed by atoms with Crippen molar-refractivity contribution >= 4 is 17.8 Å². The lowest BCUT2D eigenvalue weighted by molar-refractivity contribution is -0.143. The maximum Gasteiger partial charge on any atom is 0.326 e. The third-order valence-corrected chi connectivity index (χ3v) is 3.86. The molecule has 0 aliphatic rings. The molecule has 1 rings (SSSR count). The molecule has 2 unspecified atom stereocenters. The number of amides is 1. The third kappa shape index (κ3) is 8.62. The van der Waals surface area contributed by atoms with Gasteiger partial charge in [0.05, 0.1) is 12.5 Å². The van der Waals surface area contributed by atoms with Gasteiger partial charge in [-0.1, -0.05) is 51.1 Å². The van der Waals surface area contributed by atoms with Crippen LogP contribution in [-0.2, 0) is 20.8 Å². The number of carboxylic acid groups (broad SMARTS) is 2. The molecule has 0 heterocycles. The van der Waals surface area contributed by atoms with Crippen molar-refractivity contribution < 1.29 is 24.6 Å². The maximum atomic E-state index is 12.4. The predicted octanol–water partition coefficient (Wildman–Crippen LogP) is 1.67. The Morgan fingerprint density at radius 3 is 2.15 bits per heavy atom. The fourth-order valence-electron chi connectivity index (χ4n) is 2.38. The fraction of sp³-hybridized carbons (Fsp3) is 0.526. The van der Waals surface area contributed by atoms with E-state index in [9.17, 15) is 19.5 Å². The number of benzene rings is 1. The summed E-state index contributed by atoms with van der Waals surface area (Å²) < 4.78 is 0. The van der Waals surface area contributed by atoms with E-state index in [2.05, 4.69) is 10.6 Å². The van der Waals surface area contributed by atoms with E-state index in [4.69, 9.17) is 5.11 Å². The number of hydrogen-bond acceptors (Lipinski definition) is 4. The molecule has 7 nitrogen and oxygen atoms in total. The molecule has 4 N–H and O–H groups in total. The number of aliphatic carboxylic acids is 2. The van der Waals surface area contributed by atoms with Crippen molar-refractivity contribution in [2.24, 2.45) is 5.41 Å². The van der Waals surface area contributed by atoms with Crippen molar-refractivity contribution in [1.82, 2.24) is 10.6 Å². The molecule has 0 spiro atoms. The van der Waals surface area contributed by atoms with Gasteiger partial charge in [-0.15, -0.1) is 0 Å². The first-order chi connectivity index (χ1) is 12.1. The largest absolute Gasteiger partial charge is 0.481 e. The molecule has 1 aromatic carbocycles. The van der Waals surface area contributed by atoms with Gasteiger partial charge in [0.2, 0.25) is 5.91 Å². The van der Waals surface area contributed by atoms with E-state index in [-0.39, 0.29) is 11.8 Å². The zero-order chi connectivity index (χ0) is 19.7. The second-order valence-corrected chi connectivity index (χ2v) is 7.50. The molecule has 0 aromatic heterocycles. The highest BCUT2D eigenvalue weighted by Crippen LogP contribution is 2.17. The van der Waals surface area contributed by atoms with Crippen molar-refractivity contribution in [3.63, 3.8) is 0 Å². The number of carbonyl (C=O) groups is 3. The van der Waals surface area contributed by atoms with Gasteiger partial charge < -0.3 is 20.8 Å². The lowest BCUT2D eigenvalue weighted by Gasteiger charge is -2.23. The van der Waals surface area contributed by atoms with Crippen LogP contribution in [0, 0.1) is 5.41 Å². The SMILES string of the molecule is CC(C)(C)CCNC(CC(=O)O)C(=O)NC(Cc1ccccc1)C(=O)O. The Kier molecular flexibility index (Phi) is 8.25. The smallest absolute Gasteiger partial charge is 0.326 e. The molecule has 0 fully saturated rings. The van der Waals surface area contributed by atoms with Crippen LogP contribution < -0.4 is 10.6 Å². The van der Waals surface area contributed by atoms with Gasteiger partial charge in [-0.05, 0) is 23.9 Å². The van der Waals surface area contributed by atoms with Crippen LogP contribution >= 0.6 is 0 Å². The molecule has 26 heavy (non-hydrogen) atoms. The number of hydrogen-bond donors (Lipinski definition) is 4. The summed E-state index contributed by atoms with van der Waals surface area (Å²) in [4.78, 5) is 35.0. The van der Waals surface area contributed by atoms with Crippen molar-refractivity contribution in [3.8, 4) is 0 Å². The first kappa shape index (κ1) is 21.6. The van der Waals surface area contributed by atoms with Gasteiger partial charge in [-0.2, -0.15) is 0 Å². The number of nitrogens with one attached hydrogen (secondary N) is 2. The predicted molar refractivity (Wildman–Crippen MR) is 97.8 cm³/mol. The fourth-order valence-corrected chi connectivity index (χ4v) is 2.38. The summed E-state index contributed by atoms with van der Waals surface area (Å²) in [7, 11) is 0. The third-order valence-electron chi connectivity index (χ3n) is 3.86. The summed E-state index contributed by atoms with van der Waals surface area (Å²) in [6.45, 7) is 6.59. The van der Waals surface area contributed by atoms with E-state index < -0.39 is 36.4 Å². The molecule has 7 heteroatoms. The summed E-state index contributed by atoms with van der Waals surface area (Å²) in [6, 6.07) is 6.85. The first-order valence-electron chi connectivity index (χ1n) is 8.61. The van der Waals surface area contributed by atoms with Crippen LogP contribution in [0.25, 0.3) is 0 Å². The van der Waals surface area contributed by atoms with Gasteiger partial charge in [-0.3, -0.25) is 9.59 Å². The Morgan fingerprint density at radius 2 is 1.65 bits per heavy atom. The van der Waals surface area contributed by atoms with E-state index >= 15 is 0 Å². The highest BCUT2D eigenvalue weighted by atomic mass is 16.4. The van der Waals surface area contributed by atoms with Crippen LogP contribution in [0.2, 0.25) is 0 Å². The Bertz CT molecular complexity index is 610. The Labute approximate surface area is 153 Å². The Hall–Kier alpha value is -2.41. The molecule has 144 valence electrons. The van der Waals surface area contributed by atoms with E-state index in [1.165, 1.54) is 0 Å². The molecular weight excluding hydrogens is 336 g/mol. The van der Waals surface area contributed by atoms with Crippen molar-refractivity contribution in [2.45, 2.75) is 52.1 Å². The molecule has 0 radical (unpaired) electrons. The second kappa shape index (κ2) is 9.91. The zero-order valence-corrected chi connectivity index (χ0v) is 15.5. The van der Waals surface area contributed by atoms with E-state index in [1.54, 1.807) is 24.3 Å². The minimum absolute atomic E-state index is 0.0359. The molecule has 0 aliphatic heterocycles. The van der Waals surface area contributed by atoms with Gasteiger partial charge in [0.25, 0.3) is 0 Å². The monoisotopic (exact) mass is 364 g/mol. The summed E-state index contributed by atoms with van der Waals surface area (Å²) >= 11 is 0. The normalized spacial score (nSPS) is 13.7. The van der Waals surface area contributed by atoms with E-state index in [0.29, 0.717) is 6.54 Å². The van der Waals surface area contributed by atoms with Crippen LogP contribution in [0.1, 0.15) is 39.2 Å². The average molecular weight is 364 g/mol. The first-order valence-corrected chi connectivity index (χ1v) is 8.61. The van der Waals surface area contributed by atoms with Gasteiger partial charge in [-0.25, -0.2) is 4.79 Å². The summed E-state index contributed by atoms with van der Waals surface area (Å²) in [5.41, 5.74) is 0.810. The second-order valence-electron chi connectivity index (χ2n) is 7.50. The number of rotatable bonds is 10. The summed E-state index contributed by atoms with van der Waals surface area (Å²) in [5, 5.41) is 23.8. The zero-order valence-electron chi connectivity index (χ0n) is 15.5. The van der Waals surface area contributed by atoms with Crippen LogP contribution in [0.15, 0.2) is 30.3 Å². The molecule has 1 amide bonds. The lowest BCUT2D eigenvalue weighted by Crippen LogP contribution is -2.52. The highest BCUT2D eigenvalue weighted by Gasteiger charge is 2.27. The van der Waals surface area contributed by atoms with Gasteiger partial charge in [0.1, 0.15) is 6.04 Å². The topological polar surface area (TPSA) is 116 Å². The Balaban J connectivity index is 2.74. The summed E-state index contributed by atoms with van der Waals surface area (Å²) in [6.07, 6.45) is 0.472. The van der Waals surface area contributed by atoms with Crippen LogP contribution in [-0.4, -0.2) is 46.7 Å². The quantitative estimate of drug-likeness (QED) is 0.502. The van der Waals surface area contributed by atoms with Crippen LogP contribution in [0.3, 0.4) is 0 Å². The molecular formula is C19H28N2O5. The van der Waals surface area contributed by atoms with E-state index in [0.717, 1.165) is 12.0 Å². The molecule has 1 aromatic rings. The van der Waals surface area contributed by atoms with Gasteiger partial charge in [0, 0.05) is 6.42 Å². The van der Waals surface area contributed by atoms with Crippen LogP contribution in [0.5, 0.6) is 0 Å². The van der Waals surface area contributed by atoms with Crippen molar-refractivity contribution in [1.29, 1.82) is 0 Å². The highest BCUT2D eigenvalue weighted by molar-refractivity contribution is 5.89. The van der Waals surface area contributed by atoms with Gasteiger partial charge >= 0.3 is 11.9 Å². The lowest BCUT2D eigenvalue weighted by atomic mass is 9.92. The molecule has 0 aliphatic carbocycles. The van der Waals surface area contributed by atoms with Crippen LogP contribution in [0.4, 0.5) is 0 Å². The summed E-state index contributed by atoms with van der Waals surface area (Å²) in [5.74, 6) is -2.90. The molecule has 2 atom stereocenters. The maximum absolute atomic E-state index is 12.4. The molecule has 0 saturated carbocycles. The number of carbonyl (C=O) groups excluding carboxylic acids is 1. The van der Waals surface area contributed by atoms with Crippen molar-refractivity contribution in [2.75, 3.05) is 6.54 Å². The minimum atomic E-state index is -1.16. The van der Waals surface area contributed by atoms with E-state index in [1.807, 2.05) is 26.8 Å². The Morgan fingerprint density at radius 1 is 1.04 bits per heavy atom. The average Bonchev–Trinajstić information content (AvgIpc) is 2.52. The minimum Gasteiger partial charge on any atom is -0.481 e. The standard InChI is InChI=1S/C19H28N2O5/c1-19(2,3)9-10-20-14(12-16(22)23)17(24)21-15(18(25)26)11-13-7-5-4-6-8-13/h4-8,14-15,20H,9-12H2,1-3H3,(H,21,24)(H,22,23)(H,25,26). The van der Waals surface area contributed by atoms with Gasteiger partial charge in [0.15, 0.2) is 0 Å². The molecule has 0 bridgehead atoms. The van der Waals surface area contributed by atoms with Crippen molar-refractivity contribution in [3.05, 3.63) is 35.9 Å². The number of carboxylic acids is 2.